The maximum absolute atomic E-state index is 12.4. The van der Waals surface area contributed by atoms with E-state index in [0.717, 1.165) is 50.4 Å². The first kappa shape index (κ1) is 20.2. The molecular formula is C20H32N4O2. The van der Waals surface area contributed by atoms with Crippen molar-refractivity contribution in [1.82, 2.24) is 15.5 Å². The van der Waals surface area contributed by atoms with Crippen LogP contribution in [0.4, 0.5) is 0 Å². The maximum Gasteiger partial charge on any atom is 0.251 e. The highest BCUT2D eigenvalue weighted by Crippen LogP contribution is 2.11. The molecule has 144 valence electrons. The zero-order valence-electron chi connectivity index (χ0n) is 16.3. The van der Waals surface area contributed by atoms with Gasteiger partial charge in [-0.05, 0) is 37.0 Å². The molecule has 1 heterocycles. The van der Waals surface area contributed by atoms with E-state index in [9.17, 15) is 4.79 Å². The first-order valence-electron chi connectivity index (χ1n) is 9.54. The summed E-state index contributed by atoms with van der Waals surface area (Å²) in [6.45, 7) is 5.17. The second-order valence-electron chi connectivity index (χ2n) is 6.72. The quantitative estimate of drug-likeness (QED) is 0.552. The Hall–Kier alpha value is -2.08. The smallest absolute Gasteiger partial charge is 0.251 e. The molecule has 1 aliphatic rings. The number of nitrogens with zero attached hydrogens (tertiary/aromatic N) is 2. The Kier molecular flexibility index (Phi) is 8.41. The number of carbonyl (C=O) groups excluding carboxylic acids is 1. The predicted octanol–water partition coefficient (Wildman–Crippen LogP) is 2.40. The molecule has 2 N–H and O–H groups in total. The number of benzene rings is 1. The number of carbonyl (C=O) groups is 1. The Balaban J connectivity index is 1.86. The molecule has 0 aromatic heterocycles. The molecule has 1 atom stereocenters. The van der Waals surface area contributed by atoms with Crippen LogP contribution in [-0.2, 0) is 11.3 Å². The van der Waals surface area contributed by atoms with E-state index in [2.05, 4.69) is 27.4 Å². The lowest BCUT2D eigenvalue weighted by Crippen LogP contribution is -2.39. The third-order valence-corrected chi connectivity index (χ3v) is 4.57. The second-order valence-corrected chi connectivity index (χ2v) is 6.72. The van der Waals surface area contributed by atoms with Crippen molar-refractivity contribution in [3.05, 3.63) is 35.4 Å². The Labute approximate surface area is 157 Å². The number of guanidine groups is 1. The molecule has 0 bridgehead atoms. The summed E-state index contributed by atoms with van der Waals surface area (Å²) in [4.78, 5) is 18.8. The molecule has 6 nitrogen and oxygen atoms in total. The molecule has 6 heteroatoms. The number of aliphatic imine (C=N–C) groups is 1. The lowest BCUT2D eigenvalue weighted by molar-refractivity contribution is 0.0857. The van der Waals surface area contributed by atoms with Crippen molar-refractivity contribution in [3.8, 4) is 0 Å². The highest BCUT2D eigenvalue weighted by Gasteiger charge is 2.16. The summed E-state index contributed by atoms with van der Waals surface area (Å²) in [6, 6.07) is 7.71. The van der Waals surface area contributed by atoms with Crippen LogP contribution in [0.15, 0.2) is 29.3 Å². The lowest BCUT2D eigenvalue weighted by atomic mass is 10.1. The van der Waals surface area contributed by atoms with E-state index in [-0.39, 0.29) is 12.0 Å². The molecule has 1 aromatic carbocycles. The molecule has 0 radical (unpaired) electrons. The van der Waals surface area contributed by atoms with E-state index in [1.807, 2.05) is 31.3 Å². The van der Waals surface area contributed by atoms with E-state index >= 15 is 0 Å². The number of hydrogen-bond donors (Lipinski definition) is 2. The maximum atomic E-state index is 12.4. The molecule has 1 saturated heterocycles. The zero-order chi connectivity index (χ0) is 18.8. The summed E-state index contributed by atoms with van der Waals surface area (Å²) in [7, 11) is 3.83. The standard InChI is InChI=1S/C20H32N4O2/c1-4-5-11-24(3)20(21-2)23-14-16-8-6-9-17(13-16)19(25)22-15-18-10-7-12-26-18/h6,8-9,13,18H,4-5,7,10-12,14-15H2,1-3H3,(H,21,23)(H,22,25). The van der Waals surface area contributed by atoms with Crippen molar-refractivity contribution in [2.75, 3.05) is 33.8 Å². The van der Waals surface area contributed by atoms with Crippen LogP contribution in [0.5, 0.6) is 0 Å². The number of nitrogens with one attached hydrogen (secondary N) is 2. The van der Waals surface area contributed by atoms with Crippen molar-refractivity contribution in [1.29, 1.82) is 0 Å². The van der Waals surface area contributed by atoms with Crippen LogP contribution < -0.4 is 10.6 Å². The van der Waals surface area contributed by atoms with Crippen LogP contribution in [0, 0.1) is 0 Å². The highest BCUT2D eigenvalue weighted by molar-refractivity contribution is 5.94. The average Bonchev–Trinajstić information content (AvgIpc) is 3.18. The summed E-state index contributed by atoms with van der Waals surface area (Å²) in [5, 5.41) is 6.33. The average molecular weight is 361 g/mol. The van der Waals surface area contributed by atoms with Crippen molar-refractivity contribution in [3.63, 3.8) is 0 Å². The molecule has 1 fully saturated rings. The molecule has 1 aromatic rings. The summed E-state index contributed by atoms with van der Waals surface area (Å²) in [6.07, 6.45) is 4.55. The monoisotopic (exact) mass is 360 g/mol. The Morgan fingerprint density at radius 3 is 2.92 bits per heavy atom. The number of hydrogen-bond acceptors (Lipinski definition) is 3. The molecule has 0 spiro atoms. The topological polar surface area (TPSA) is 66.0 Å². The molecule has 2 rings (SSSR count). The van der Waals surface area contributed by atoms with Crippen LogP contribution in [-0.4, -0.2) is 56.7 Å². The molecular weight excluding hydrogens is 328 g/mol. The largest absolute Gasteiger partial charge is 0.376 e. The number of amides is 1. The number of ether oxygens (including phenoxy) is 1. The van der Waals surface area contributed by atoms with Gasteiger partial charge in [0.2, 0.25) is 0 Å². The van der Waals surface area contributed by atoms with Gasteiger partial charge in [-0.3, -0.25) is 9.79 Å². The summed E-state index contributed by atoms with van der Waals surface area (Å²) in [5.41, 5.74) is 1.73. The Morgan fingerprint density at radius 1 is 1.38 bits per heavy atom. The van der Waals surface area contributed by atoms with E-state index in [1.165, 1.54) is 0 Å². The SMILES string of the molecule is CCCCN(C)C(=NC)NCc1cccc(C(=O)NCC2CCCO2)c1. The van der Waals surface area contributed by atoms with Crippen molar-refractivity contribution in [2.24, 2.45) is 4.99 Å². The predicted molar refractivity (Wildman–Crippen MR) is 105 cm³/mol. The summed E-state index contributed by atoms with van der Waals surface area (Å²) < 4.78 is 5.55. The van der Waals surface area contributed by atoms with Gasteiger partial charge < -0.3 is 20.3 Å². The van der Waals surface area contributed by atoms with Crippen LogP contribution in [0.1, 0.15) is 48.5 Å². The zero-order valence-corrected chi connectivity index (χ0v) is 16.3. The van der Waals surface area contributed by atoms with Gasteiger partial charge in [0.25, 0.3) is 5.91 Å². The minimum absolute atomic E-state index is 0.0493. The van der Waals surface area contributed by atoms with Gasteiger partial charge in [0.15, 0.2) is 5.96 Å². The van der Waals surface area contributed by atoms with Crippen molar-refractivity contribution < 1.29 is 9.53 Å². The first-order chi connectivity index (χ1) is 12.6. The molecule has 26 heavy (non-hydrogen) atoms. The van der Waals surface area contributed by atoms with Gasteiger partial charge in [-0.2, -0.15) is 0 Å². The first-order valence-corrected chi connectivity index (χ1v) is 9.54. The van der Waals surface area contributed by atoms with E-state index < -0.39 is 0 Å². The molecule has 0 aliphatic carbocycles. The van der Waals surface area contributed by atoms with Crippen LogP contribution in [0.25, 0.3) is 0 Å². The van der Waals surface area contributed by atoms with Gasteiger partial charge in [-0.25, -0.2) is 0 Å². The van der Waals surface area contributed by atoms with Crippen molar-refractivity contribution in [2.45, 2.75) is 45.3 Å². The summed E-state index contributed by atoms with van der Waals surface area (Å²) >= 11 is 0. The van der Waals surface area contributed by atoms with Gasteiger partial charge in [0.1, 0.15) is 0 Å². The third-order valence-electron chi connectivity index (χ3n) is 4.57. The fraction of sp³-hybridized carbons (Fsp3) is 0.600. The Bertz CT molecular complexity index is 597. The normalized spacial score (nSPS) is 17.2. The van der Waals surface area contributed by atoms with Gasteiger partial charge in [0.05, 0.1) is 6.10 Å². The van der Waals surface area contributed by atoms with Gasteiger partial charge in [0, 0.05) is 45.9 Å². The molecule has 1 aliphatic heterocycles. The Morgan fingerprint density at radius 2 is 2.23 bits per heavy atom. The van der Waals surface area contributed by atoms with Crippen LogP contribution in [0.2, 0.25) is 0 Å². The van der Waals surface area contributed by atoms with E-state index in [4.69, 9.17) is 4.74 Å². The van der Waals surface area contributed by atoms with Gasteiger partial charge >= 0.3 is 0 Å². The fourth-order valence-corrected chi connectivity index (χ4v) is 3.00. The molecule has 1 unspecified atom stereocenters. The minimum atomic E-state index is -0.0493. The minimum Gasteiger partial charge on any atom is -0.376 e. The van der Waals surface area contributed by atoms with E-state index in [0.29, 0.717) is 18.7 Å². The van der Waals surface area contributed by atoms with Gasteiger partial charge in [-0.1, -0.05) is 25.5 Å². The third kappa shape index (κ3) is 6.33. The highest BCUT2D eigenvalue weighted by atomic mass is 16.5. The van der Waals surface area contributed by atoms with Crippen LogP contribution in [0.3, 0.4) is 0 Å². The molecule has 1 amide bonds. The van der Waals surface area contributed by atoms with E-state index in [1.54, 1.807) is 7.05 Å². The number of unbranched alkanes of at least 4 members (excludes halogenated alkanes) is 1. The van der Waals surface area contributed by atoms with Crippen molar-refractivity contribution >= 4 is 11.9 Å². The van der Waals surface area contributed by atoms with Gasteiger partial charge in [-0.15, -0.1) is 0 Å². The van der Waals surface area contributed by atoms with Crippen LogP contribution >= 0.6 is 0 Å². The second kappa shape index (κ2) is 10.8. The fourth-order valence-electron chi connectivity index (χ4n) is 3.00. The molecule has 0 saturated carbocycles. The summed E-state index contributed by atoms with van der Waals surface area (Å²) in [5.74, 6) is 0.818. The number of rotatable bonds is 8. The lowest BCUT2D eigenvalue weighted by Gasteiger charge is -2.22.